The third-order valence-electron chi connectivity index (χ3n) is 6.37. The summed E-state index contributed by atoms with van der Waals surface area (Å²) in [6, 6.07) is 12.4. The first-order valence-electron chi connectivity index (χ1n) is 11.2. The van der Waals surface area contributed by atoms with Gasteiger partial charge in [-0.15, -0.1) is 13.2 Å². The summed E-state index contributed by atoms with van der Waals surface area (Å²) >= 11 is 0. The van der Waals surface area contributed by atoms with Crippen LogP contribution < -0.4 is 4.74 Å². The third kappa shape index (κ3) is 5.31. The summed E-state index contributed by atoms with van der Waals surface area (Å²) in [6.45, 7) is 8.12. The van der Waals surface area contributed by atoms with Gasteiger partial charge in [0.05, 0.1) is 0 Å². The van der Waals surface area contributed by atoms with Gasteiger partial charge in [-0.1, -0.05) is 43.3 Å². The van der Waals surface area contributed by atoms with Crippen molar-refractivity contribution in [3.05, 3.63) is 65.2 Å². The first-order valence-corrected chi connectivity index (χ1v) is 11.2. The smallest absolute Gasteiger partial charge is 0.445 e. The van der Waals surface area contributed by atoms with Gasteiger partial charge >= 0.3 is 12.5 Å². The molecule has 34 heavy (non-hydrogen) atoms. The summed E-state index contributed by atoms with van der Waals surface area (Å²) in [5, 5.41) is 12.0. The number of ether oxygens (including phenoxy) is 2. The van der Waals surface area contributed by atoms with Crippen LogP contribution in [0.15, 0.2) is 48.5 Å². The van der Waals surface area contributed by atoms with E-state index < -0.39 is 23.5 Å². The highest BCUT2D eigenvalue weighted by Crippen LogP contribution is 2.50. The zero-order valence-corrected chi connectivity index (χ0v) is 19.9. The highest BCUT2D eigenvalue weighted by Gasteiger charge is 2.55. The van der Waals surface area contributed by atoms with Crippen LogP contribution in [0.5, 0.6) is 5.75 Å². The van der Waals surface area contributed by atoms with Crippen LogP contribution in [0.4, 0.5) is 18.0 Å². The minimum atomic E-state index is -4.79. The average Bonchev–Trinajstić information content (AvgIpc) is 2.76. The number of alkyl halides is 3. The van der Waals surface area contributed by atoms with Gasteiger partial charge in [-0.25, -0.2) is 4.79 Å². The zero-order chi connectivity index (χ0) is 25.1. The number of carbonyl (C=O) groups excluding carboxylic acids is 1. The molecule has 1 N–H and O–H groups in total. The van der Waals surface area contributed by atoms with Crippen molar-refractivity contribution < 1.29 is 32.5 Å². The van der Waals surface area contributed by atoms with Crippen LogP contribution in [0.25, 0.3) is 0 Å². The molecule has 1 fully saturated rings. The van der Waals surface area contributed by atoms with Gasteiger partial charge in [0.2, 0.25) is 0 Å². The lowest BCUT2D eigenvalue weighted by Crippen LogP contribution is -2.63. The molecule has 2 aromatic rings. The molecule has 3 rings (SSSR count). The van der Waals surface area contributed by atoms with Gasteiger partial charge in [-0.2, -0.15) is 0 Å². The average molecular weight is 481 g/mol. The molecule has 0 unspecified atom stereocenters. The Morgan fingerprint density at radius 1 is 1.03 bits per heavy atom. The molecular weight excluding hydrogens is 449 g/mol. The van der Waals surface area contributed by atoms with Crippen LogP contribution in [-0.4, -0.2) is 60.6 Å². The molecule has 9 heteroatoms. The lowest BCUT2D eigenvalue weighted by atomic mass is 9.62. The molecule has 2 aromatic carbocycles. The van der Waals surface area contributed by atoms with E-state index >= 15 is 0 Å². The molecule has 1 aliphatic heterocycles. The second-order valence-corrected chi connectivity index (χ2v) is 8.94. The summed E-state index contributed by atoms with van der Waals surface area (Å²) in [5.74, 6) is -0.347. The number of hydrogen-bond donors (Lipinski definition) is 1. The number of likely N-dealkylation sites (tertiary alicyclic amines) is 1. The number of rotatable bonds is 8. The number of hydrogen-bond acceptors (Lipinski definition) is 5. The molecule has 0 aromatic heterocycles. The quantitative estimate of drug-likeness (QED) is 0.591. The Morgan fingerprint density at radius 3 is 1.97 bits per heavy atom. The van der Waals surface area contributed by atoms with E-state index in [1.807, 2.05) is 27.8 Å². The van der Waals surface area contributed by atoms with Crippen LogP contribution in [-0.2, 0) is 16.9 Å². The van der Waals surface area contributed by atoms with E-state index in [1.54, 1.807) is 29.2 Å². The summed E-state index contributed by atoms with van der Waals surface area (Å²) in [4.78, 5) is 15.7. The summed E-state index contributed by atoms with van der Waals surface area (Å²) in [5.41, 5.74) is -0.182. The Bertz CT molecular complexity index is 969. The van der Waals surface area contributed by atoms with Gasteiger partial charge in [0.15, 0.2) is 0 Å². The minimum absolute atomic E-state index is 0.0948. The molecule has 186 valence electrons. The maximum absolute atomic E-state index is 12.6. The topological polar surface area (TPSA) is 62.2 Å². The van der Waals surface area contributed by atoms with Crippen molar-refractivity contribution in [1.82, 2.24) is 9.80 Å². The maximum Gasteiger partial charge on any atom is 0.573 e. The van der Waals surface area contributed by atoms with Gasteiger partial charge < -0.3 is 24.4 Å². The van der Waals surface area contributed by atoms with Crippen molar-refractivity contribution in [3.8, 4) is 5.75 Å². The van der Waals surface area contributed by atoms with Crippen LogP contribution in [0.2, 0.25) is 0 Å². The third-order valence-corrected chi connectivity index (χ3v) is 6.37. The van der Waals surface area contributed by atoms with E-state index in [0.717, 1.165) is 5.56 Å². The van der Waals surface area contributed by atoms with Crippen LogP contribution in [0, 0.1) is 5.41 Å². The molecule has 1 aliphatic rings. The first-order chi connectivity index (χ1) is 15.9. The standard InChI is InChI=1S/C25H31F3N2O4/c1-5-30(6-2)22(31)33-15-18-7-9-19(10-8-18)24(32,23(3)16-29(4)17-23)20-11-13-21(14-12-20)34-25(26,27)28/h7-14,32H,5-6,15-17H2,1-4H3/t24-/m0/s1. The Kier molecular flexibility index (Phi) is 7.47. The molecule has 1 amide bonds. The largest absolute Gasteiger partial charge is 0.573 e. The molecule has 0 saturated carbocycles. The SMILES string of the molecule is CCN(CC)C(=O)OCc1ccc([C@](O)(c2ccc(OC(F)(F)F)cc2)C2(C)CN(C)C2)cc1. The van der Waals surface area contributed by atoms with E-state index in [0.29, 0.717) is 37.3 Å². The number of aliphatic hydroxyl groups is 1. The molecule has 6 nitrogen and oxygen atoms in total. The molecule has 0 bridgehead atoms. The van der Waals surface area contributed by atoms with Crippen LogP contribution in [0.3, 0.4) is 0 Å². The van der Waals surface area contributed by atoms with Crippen molar-refractivity contribution in [3.63, 3.8) is 0 Å². The van der Waals surface area contributed by atoms with Crippen molar-refractivity contribution in [2.45, 2.75) is 39.3 Å². The number of halogens is 3. The Morgan fingerprint density at radius 2 is 1.53 bits per heavy atom. The highest BCUT2D eigenvalue weighted by molar-refractivity contribution is 5.67. The fraction of sp³-hybridized carbons (Fsp3) is 0.480. The predicted molar refractivity (Wildman–Crippen MR) is 121 cm³/mol. The van der Waals surface area contributed by atoms with Crippen molar-refractivity contribution in [2.24, 2.45) is 5.41 Å². The van der Waals surface area contributed by atoms with Crippen molar-refractivity contribution in [2.75, 3.05) is 33.2 Å². The zero-order valence-electron chi connectivity index (χ0n) is 19.9. The Labute approximate surface area is 197 Å². The number of amides is 1. The highest BCUT2D eigenvalue weighted by atomic mass is 19.4. The van der Waals surface area contributed by atoms with Crippen LogP contribution >= 0.6 is 0 Å². The van der Waals surface area contributed by atoms with Crippen molar-refractivity contribution >= 4 is 6.09 Å². The molecule has 1 atom stereocenters. The molecular formula is C25H31F3N2O4. The van der Waals surface area contributed by atoms with E-state index in [-0.39, 0.29) is 12.4 Å². The van der Waals surface area contributed by atoms with E-state index in [1.165, 1.54) is 24.3 Å². The molecule has 0 aliphatic carbocycles. The fourth-order valence-electron chi connectivity index (χ4n) is 4.70. The van der Waals surface area contributed by atoms with Crippen molar-refractivity contribution in [1.29, 1.82) is 0 Å². The summed E-state index contributed by atoms with van der Waals surface area (Å²) < 4.78 is 47.0. The van der Waals surface area contributed by atoms with Gasteiger partial charge in [-0.3, -0.25) is 0 Å². The lowest BCUT2D eigenvalue weighted by molar-refractivity contribution is -0.274. The van der Waals surface area contributed by atoms with Crippen LogP contribution in [0.1, 0.15) is 37.5 Å². The second-order valence-electron chi connectivity index (χ2n) is 8.94. The van der Waals surface area contributed by atoms with E-state index in [9.17, 15) is 23.1 Å². The summed E-state index contributed by atoms with van der Waals surface area (Å²) in [7, 11) is 1.94. The van der Waals surface area contributed by atoms with Gasteiger partial charge in [0, 0.05) is 31.6 Å². The Hall–Kier alpha value is -2.78. The van der Waals surface area contributed by atoms with Gasteiger partial charge in [0.25, 0.3) is 0 Å². The van der Waals surface area contributed by atoms with E-state index in [4.69, 9.17) is 4.74 Å². The molecule has 0 radical (unpaired) electrons. The predicted octanol–water partition coefficient (Wildman–Crippen LogP) is 4.75. The number of nitrogens with zero attached hydrogens (tertiary/aromatic N) is 2. The van der Waals surface area contributed by atoms with E-state index in [2.05, 4.69) is 9.64 Å². The summed E-state index contributed by atoms with van der Waals surface area (Å²) in [6.07, 6.45) is -5.18. The number of carbonyl (C=O) groups is 1. The van der Waals surface area contributed by atoms with Gasteiger partial charge in [-0.05, 0) is 49.7 Å². The maximum atomic E-state index is 12.6. The lowest BCUT2D eigenvalue weighted by Gasteiger charge is -2.56. The molecule has 1 heterocycles. The molecule has 1 saturated heterocycles. The monoisotopic (exact) mass is 480 g/mol. The molecule has 0 spiro atoms. The minimum Gasteiger partial charge on any atom is -0.445 e. The van der Waals surface area contributed by atoms with Gasteiger partial charge in [0.1, 0.15) is 18.0 Å². The Balaban J connectivity index is 1.86. The normalized spacial score (nSPS) is 17.4. The number of benzene rings is 2. The fourth-order valence-corrected chi connectivity index (χ4v) is 4.70. The second kappa shape index (κ2) is 9.84. The first kappa shape index (κ1) is 25.8.